The first-order chi connectivity index (χ1) is 9.61. The molecule has 1 saturated carbocycles. The fourth-order valence-electron chi connectivity index (χ4n) is 2.64. The van der Waals surface area contributed by atoms with Gasteiger partial charge in [-0.3, -0.25) is 0 Å². The number of ether oxygens (including phenoxy) is 1. The molecule has 0 radical (unpaired) electrons. The summed E-state index contributed by atoms with van der Waals surface area (Å²) in [5, 5.41) is 3.55. The van der Waals surface area contributed by atoms with Crippen LogP contribution in [0, 0.1) is 6.92 Å². The molecule has 1 atom stereocenters. The molecule has 1 saturated heterocycles. The van der Waals surface area contributed by atoms with Crippen LogP contribution in [-0.2, 0) is 4.74 Å². The third kappa shape index (κ3) is 2.71. The van der Waals surface area contributed by atoms with Crippen molar-refractivity contribution in [2.75, 3.05) is 24.0 Å². The summed E-state index contributed by atoms with van der Waals surface area (Å²) in [7, 11) is 0. The van der Waals surface area contributed by atoms with Gasteiger partial charge in [-0.15, -0.1) is 0 Å². The van der Waals surface area contributed by atoms with E-state index in [0.717, 1.165) is 36.7 Å². The smallest absolute Gasteiger partial charge is 0.148 e. The molecule has 1 aliphatic carbocycles. The van der Waals surface area contributed by atoms with Crippen LogP contribution >= 0.6 is 0 Å². The van der Waals surface area contributed by atoms with Gasteiger partial charge < -0.3 is 15.5 Å². The van der Waals surface area contributed by atoms with Gasteiger partial charge in [-0.05, 0) is 39.5 Å². The summed E-state index contributed by atoms with van der Waals surface area (Å²) in [6.45, 7) is 5.73. The Kier molecular flexibility index (Phi) is 3.52. The molecule has 2 heterocycles. The summed E-state index contributed by atoms with van der Waals surface area (Å²) in [5.74, 6) is 8.57. The quantitative estimate of drug-likeness (QED) is 0.576. The zero-order valence-corrected chi connectivity index (χ0v) is 12.2. The summed E-state index contributed by atoms with van der Waals surface area (Å²) < 4.78 is 5.60. The summed E-state index contributed by atoms with van der Waals surface area (Å²) in [6, 6.07) is 0. The van der Waals surface area contributed by atoms with Crippen molar-refractivity contribution in [1.82, 2.24) is 9.97 Å². The molecule has 2 aliphatic rings. The molecule has 1 aromatic heterocycles. The van der Waals surface area contributed by atoms with Gasteiger partial charge in [0.05, 0.1) is 12.1 Å². The Morgan fingerprint density at radius 2 is 2.05 bits per heavy atom. The fourth-order valence-corrected chi connectivity index (χ4v) is 2.64. The number of hydrogen-bond donors (Lipinski definition) is 3. The van der Waals surface area contributed by atoms with Gasteiger partial charge in [0, 0.05) is 18.1 Å². The van der Waals surface area contributed by atoms with Crippen molar-refractivity contribution in [3.63, 3.8) is 0 Å². The first-order valence-electron chi connectivity index (χ1n) is 7.32. The molecule has 1 aromatic rings. The Hall–Kier alpha value is -1.40. The first kappa shape index (κ1) is 13.6. The maximum atomic E-state index is 5.60. The molecule has 6 nitrogen and oxygen atoms in total. The third-order valence-electron chi connectivity index (χ3n) is 4.10. The molecule has 110 valence electrons. The zero-order chi connectivity index (χ0) is 14.2. The molecule has 3 rings (SSSR count). The van der Waals surface area contributed by atoms with E-state index in [2.05, 4.69) is 22.7 Å². The summed E-state index contributed by atoms with van der Waals surface area (Å²) >= 11 is 0. The van der Waals surface area contributed by atoms with Crippen molar-refractivity contribution in [3.8, 4) is 0 Å². The molecule has 20 heavy (non-hydrogen) atoms. The monoisotopic (exact) mass is 277 g/mol. The van der Waals surface area contributed by atoms with Gasteiger partial charge in [0.2, 0.25) is 0 Å². The second kappa shape index (κ2) is 5.18. The first-order valence-corrected chi connectivity index (χ1v) is 7.32. The summed E-state index contributed by atoms with van der Waals surface area (Å²) in [5.41, 5.74) is 3.58. The predicted octanol–water partition coefficient (Wildman–Crippen LogP) is 1.93. The highest BCUT2D eigenvalue weighted by atomic mass is 16.5. The van der Waals surface area contributed by atoms with Crippen molar-refractivity contribution in [1.29, 1.82) is 0 Å². The lowest BCUT2D eigenvalue weighted by Gasteiger charge is -2.35. The summed E-state index contributed by atoms with van der Waals surface area (Å²) in [6.07, 6.45) is 4.51. The van der Waals surface area contributed by atoms with E-state index in [4.69, 9.17) is 15.6 Å². The largest absolute Gasteiger partial charge is 0.379 e. The van der Waals surface area contributed by atoms with Crippen LogP contribution in [0.1, 0.15) is 49.9 Å². The van der Waals surface area contributed by atoms with E-state index in [-0.39, 0.29) is 5.54 Å². The Bertz CT molecular complexity index is 495. The Balaban J connectivity index is 1.88. The minimum atomic E-state index is -0.0654. The average Bonchev–Trinajstić information content (AvgIpc) is 3.26. The maximum absolute atomic E-state index is 5.60. The molecule has 1 aliphatic heterocycles. The lowest BCUT2D eigenvalue weighted by atomic mass is 9.94. The number of nitrogen functional groups attached to an aromatic ring is 1. The van der Waals surface area contributed by atoms with Gasteiger partial charge in [-0.25, -0.2) is 15.8 Å². The summed E-state index contributed by atoms with van der Waals surface area (Å²) in [4.78, 5) is 9.22. The van der Waals surface area contributed by atoms with Crippen LogP contribution in [0.5, 0.6) is 0 Å². The molecule has 4 N–H and O–H groups in total. The Morgan fingerprint density at radius 1 is 1.30 bits per heavy atom. The van der Waals surface area contributed by atoms with Gasteiger partial charge in [-0.2, -0.15) is 0 Å². The van der Waals surface area contributed by atoms with Crippen LogP contribution < -0.4 is 16.6 Å². The van der Waals surface area contributed by atoms with Crippen LogP contribution in [0.15, 0.2) is 0 Å². The molecule has 0 bridgehead atoms. The van der Waals surface area contributed by atoms with Crippen molar-refractivity contribution in [2.45, 2.75) is 51.0 Å². The van der Waals surface area contributed by atoms with Crippen LogP contribution in [0.25, 0.3) is 0 Å². The van der Waals surface area contributed by atoms with Gasteiger partial charge >= 0.3 is 0 Å². The SMILES string of the molecule is Cc1c(NN)nc(C2CC2)nc1NC1(C)CCCOC1. The minimum absolute atomic E-state index is 0.0654. The van der Waals surface area contributed by atoms with Crippen LogP contribution in [0.4, 0.5) is 11.6 Å². The van der Waals surface area contributed by atoms with Crippen LogP contribution in [0.2, 0.25) is 0 Å². The predicted molar refractivity (Wildman–Crippen MR) is 78.6 cm³/mol. The molecule has 2 fully saturated rings. The topological polar surface area (TPSA) is 85.1 Å². The molecular formula is C14H23N5O. The number of hydrogen-bond acceptors (Lipinski definition) is 6. The van der Waals surface area contributed by atoms with E-state index in [0.29, 0.717) is 18.3 Å². The van der Waals surface area contributed by atoms with E-state index < -0.39 is 0 Å². The van der Waals surface area contributed by atoms with Gasteiger partial charge in [0.1, 0.15) is 17.5 Å². The Labute approximate surface area is 119 Å². The van der Waals surface area contributed by atoms with Crippen LogP contribution in [0.3, 0.4) is 0 Å². The number of anilines is 2. The van der Waals surface area contributed by atoms with Crippen molar-refractivity contribution in [2.24, 2.45) is 5.84 Å². The normalized spacial score (nSPS) is 26.4. The number of nitrogens with two attached hydrogens (primary N) is 1. The molecule has 0 spiro atoms. The number of nitrogens with one attached hydrogen (secondary N) is 2. The number of nitrogens with zero attached hydrogens (tertiary/aromatic N) is 2. The number of aromatic nitrogens is 2. The maximum Gasteiger partial charge on any atom is 0.148 e. The second-order valence-corrected chi connectivity index (χ2v) is 6.16. The number of hydrazine groups is 1. The molecule has 1 unspecified atom stereocenters. The van der Waals surface area contributed by atoms with E-state index in [9.17, 15) is 0 Å². The van der Waals surface area contributed by atoms with E-state index >= 15 is 0 Å². The molecule has 0 aromatic carbocycles. The van der Waals surface area contributed by atoms with E-state index in [1.807, 2.05) is 6.92 Å². The van der Waals surface area contributed by atoms with E-state index in [1.54, 1.807) is 0 Å². The van der Waals surface area contributed by atoms with E-state index in [1.165, 1.54) is 12.8 Å². The van der Waals surface area contributed by atoms with Crippen molar-refractivity contribution in [3.05, 3.63) is 11.4 Å². The molecule has 6 heteroatoms. The van der Waals surface area contributed by atoms with Gasteiger partial charge in [-0.1, -0.05) is 0 Å². The molecular weight excluding hydrogens is 254 g/mol. The third-order valence-corrected chi connectivity index (χ3v) is 4.10. The van der Waals surface area contributed by atoms with Gasteiger partial charge in [0.15, 0.2) is 0 Å². The lowest BCUT2D eigenvalue weighted by molar-refractivity contribution is 0.0538. The zero-order valence-electron chi connectivity index (χ0n) is 12.2. The highest BCUT2D eigenvalue weighted by Crippen LogP contribution is 2.40. The lowest BCUT2D eigenvalue weighted by Crippen LogP contribution is -2.43. The Morgan fingerprint density at radius 3 is 2.65 bits per heavy atom. The highest BCUT2D eigenvalue weighted by Gasteiger charge is 2.31. The number of rotatable bonds is 4. The second-order valence-electron chi connectivity index (χ2n) is 6.16. The van der Waals surface area contributed by atoms with Crippen molar-refractivity contribution < 1.29 is 4.74 Å². The van der Waals surface area contributed by atoms with Crippen LogP contribution in [-0.4, -0.2) is 28.7 Å². The molecule has 0 amide bonds. The van der Waals surface area contributed by atoms with Crippen molar-refractivity contribution >= 4 is 11.6 Å². The average molecular weight is 277 g/mol. The highest BCUT2D eigenvalue weighted by molar-refractivity contribution is 5.58. The van der Waals surface area contributed by atoms with Gasteiger partial charge in [0.25, 0.3) is 0 Å². The standard InChI is InChI=1S/C14H23N5O/c1-9-11(18-14(2)6-3-7-20-8-14)16-13(10-4-5-10)17-12(9)19-15/h10H,3-8,15H2,1-2H3,(H2,16,17,18,19). The minimum Gasteiger partial charge on any atom is -0.379 e. The fraction of sp³-hybridized carbons (Fsp3) is 0.714.